The molecule has 1 heterocycles. The monoisotopic (exact) mass is 363 g/mol. The third-order valence-corrected chi connectivity index (χ3v) is 4.39. The molecule has 0 saturated heterocycles. The van der Waals surface area contributed by atoms with Crippen LogP contribution in [-0.2, 0) is 14.4 Å². The van der Waals surface area contributed by atoms with Crippen LogP contribution in [0.5, 0.6) is 0 Å². The van der Waals surface area contributed by atoms with Crippen LogP contribution in [0.2, 0.25) is 10.0 Å². The quantitative estimate of drug-likeness (QED) is 0.754. The first kappa shape index (κ1) is 16.8. The molecule has 6 heteroatoms. The average Bonchev–Trinajstić information content (AvgIpc) is 3.00. The Morgan fingerprint density at radius 2 is 1.79 bits per heavy atom. The second-order valence-electron chi connectivity index (χ2n) is 5.24. The summed E-state index contributed by atoms with van der Waals surface area (Å²) in [5, 5.41) is 5.03. The molecule has 0 spiro atoms. The Labute approximate surface area is 150 Å². The molecule has 4 nitrogen and oxygen atoms in total. The molecule has 3 rings (SSSR count). The Hall–Kier alpha value is -2.04. The van der Waals surface area contributed by atoms with Gasteiger partial charge in [-0.05, 0) is 24.6 Å². The standard InChI is InChI=1S/C18H15Cl2NO3/c1-2-23-18(22)17-14(11-7-4-3-5-8-11)16(21-24-17)15-12(19)9-6-10-13(15)20/h3-10,14,17H,2H2,1H3/t14-,17-/m1/s1. The Bertz CT molecular complexity index is 757. The second-order valence-corrected chi connectivity index (χ2v) is 6.05. The van der Waals surface area contributed by atoms with E-state index in [9.17, 15) is 4.79 Å². The number of hydrogen-bond acceptors (Lipinski definition) is 4. The van der Waals surface area contributed by atoms with E-state index in [0.29, 0.717) is 21.3 Å². The van der Waals surface area contributed by atoms with Gasteiger partial charge in [-0.3, -0.25) is 0 Å². The van der Waals surface area contributed by atoms with Crippen molar-refractivity contribution < 1.29 is 14.4 Å². The summed E-state index contributed by atoms with van der Waals surface area (Å²) >= 11 is 12.6. The van der Waals surface area contributed by atoms with Gasteiger partial charge in [0.25, 0.3) is 0 Å². The zero-order chi connectivity index (χ0) is 17.1. The van der Waals surface area contributed by atoms with Gasteiger partial charge in [-0.15, -0.1) is 0 Å². The van der Waals surface area contributed by atoms with Crippen molar-refractivity contribution in [3.05, 3.63) is 69.7 Å². The molecule has 124 valence electrons. The fraction of sp³-hybridized carbons (Fsp3) is 0.222. The maximum atomic E-state index is 12.3. The van der Waals surface area contributed by atoms with Crippen LogP contribution in [0.1, 0.15) is 24.0 Å². The van der Waals surface area contributed by atoms with Gasteiger partial charge < -0.3 is 9.57 Å². The van der Waals surface area contributed by atoms with Gasteiger partial charge in [0.05, 0.1) is 22.6 Å². The Balaban J connectivity index is 2.07. The highest BCUT2D eigenvalue weighted by Gasteiger charge is 2.43. The molecule has 0 saturated carbocycles. The predicted molar refractivity (Wildman–Crippen MR) is 93.7 cm³/mol. The fourth-order valence-corrected chi connectivity index (χ4v) is 3.31. The fourth-order valence-electron chi connectivity index (χ4n) is 2.71. The van der Waals surface area contributed by atoms with Gasteiger partial charge >= 0.3 is 5.97 Å². The molecule has 2 aromatic rings. The Morgan fingerprint density at radius 1 is 1.12 bits per heavy atom. The summed E-state index contributed by atoms with van der Waals surface area (Å²) in [6.45, 7) is 2.01. The third-order valence-electron chi connectivity index (χ3n) is 3.76. The van der Waals surface area contributed by atoms with Crippen molar-refractivity contribution in [3.8, 4) is 0 Å². The number of esters is 1. The number of ether oxygens (including phenoxy) is 1. The van der Waals surface area contributed by atoms with Crippen LogP contribution in [0.15, 0.2) is 53.7 Å². The minimum atomic E-state index is -0.866. The maximum Gasteiger partial charge on any atom is 0.351 e. The van der Waals surface area contributed by atoms with E-state index in [1.165, 1.54) is 0 Å². The van der Waals surface area contributed by atoms with Crippen LogP contribution in [0, 0.1) is 0 Å². The van der Waals surface area contributed by atoms with E-state index in [1.54, 1.807) is 25.1 Å². The van der Waals surface area contributed by atoms with E-state index in [2.05, 4.69) is 5.16 Å². The van der Waals surface area contributed by atoms with Crippen LogP contribution in [0.3, 0.4) is 0 Å². The summed E-state index contributed by atoms with van der Waals surface area (Å²) in [5.41, 5.74) is 1.97. The normalized spacial score (nSPS) is 19.5. The van der Waals surface area contributed by atoms with Crippen LogP contribution in [0.25, 0.3) is 0 Å². The van der Waals surface area contributed by atoms with Crippen molar-refractivity contribution >= 4 is 34.9 Å². The summed E-state index contributed by atoms with van der Waals surface area (Å²) in [6, 6.07) is 14.7. The van der Waals surface area contributed by atoms with E-state index in [-0.39, 0.29) is 6.61 Å². The molecule has 2 atom stereocenters. The van der Waals surface area contributed by atoms with E-state index < -0.39 is 18.0 Å². The second kappa shape index (κ2) is 7.24. The zero-order valence-corrected chi connectivity index (χ0v) is 14.4. The lowest BCUT2D eigenvalue weighted by molar-refractivity contribution is -0.155. The molecule has 24 heavy (non-hydrogen) atoms. The third kappa shape index (κ3) is 3.12. The number of carbonyl (C=O) groups is 1. The van der Waals surface area contributed by atoms with Crippen molar-refractivity contribution in [2.75, 3.05) is 6.61 Å². The minimum absolute atomic E-state index is 0.266. The highest BCUT2D eigenvalue weighted by atomic mass is 35.5. The van der Waals surface area contributed by atoms with E-state index >= 15 is 0 Å². The summed E-state index contributed by atoms with van der Waals surface area (Å²) in [5.74, 6) is -0.907. The number of halogens is 2. The van der Waals surface area contributed by atoms with Crippen LogP contribution in [0.4, 0.5) is 0 Å². The summed E-state index contributed by atoms with van der Waals surface area (Å²) in [6.07, 6.45) is -0.866. The van der Waals surface area contributed by atoms with Gasteiger partial charge in [-0.25, -0.2) is 4.79 Å². The maximum absolute atomic E-state index is 12.3. The summed E-state index contributed by atoms with van der Waals surface area (Å²) < 4.78 is 5.12. The van der Waals surface area contributed by atoms with Crippen LogP contribution >= 0.6 is 23.2 Å². The van der Waals surface area contributed by atoms with E-state index in [1.807, 2.05) is 30.3 Å². The molecule has 2 aromatic carbocycles. The summed E-state index contributed by atoms with van der Waals surface area (Å²) in [4.78, 5) is 17.7. The molecule has 1 aliphatic heterocycles. The van der Waals surface area contributed by atoms with Crippen molar-refractivity contribution in [1.82, 2.24) is 0 Å². The van der Waals surface area contributed by atoms with Crippen molar-refractivity contribution in [2.24, 2.45) is 5.16 Å². The SMILES string of the molecule is CCOC(=O)[C@@H]1ON=C(c2c(Cl)cccc2Cl)[C@H]1c1ccccc1. The van der Waals surface area contributed by atoms with Gasteiger partial charge in [-0.1, -0.05) is 64.8 Å². The van der Waals surface area contributed by atoms with Crippen molar-refractivity contribution in [2.45, 2.75) is 18.9 Å². The zero-order valence-electron chi connectivity index (χ0n) is 12.9. The molecule has 0 bridgehead atoms. The minimum Gasteiger partial charge on any atom is -0.463 e. The first-order valence-corrected chi connectivity index (χ1v) is 8.28. The highest BCUT2D eigenvalue weighted by molar-refractivity contribution is 6.40. The van der Waals surface area contributed by atoms with Gasteiger partial charge in [0.15, 0.2) is 0 Å². The van der Waals surface area contributed by atoms with Gasteiger partial charge in [-0.2, -0.15) is 0 Å². The molecule has 0 aliphatic carbocycles. The number of nitrogens with zero attached hydrogens (tertiary/aromatic N) is 1. The topological polar surface area (TPSA) is 47.9 Å². The molecule has 0 radical (unpaired) electrons. The number of benzene rings is 2. The number of hydrogen-bond donors (Lipinski definition) is 0. The molecule has 0 amide bonds. The first-order chi connectivity index (χ1) is 11.6. The van der Waals surface area contributed by atoms with Crippen molar-refractivity contribution in [1.29, 1.82) is 0 Å². The molecular weight excluding hydrogens is 349 g/mol. The average molecular weight is 364 g/mol. The van der Waals surface area contributed by atoms with Gasteiger partial charge in [0.2, 0.25) is 6.10 Å². The Morgan fingerprint density at radius 3 is 2.42 bits per heavy atom. The highest BCUT2D eigenvalue weighted by Crippen LogP contribution is 2.37. The van der Waals surface area contributed by atoms with Gasteiger partial charge in [0.1, 0.15) is 5.71 Å². The van der Waals surface area contributed by atoms with Crippen LogP contribution in [-0.4, -0.2) is 24.4 Å². The molecule has 0 fully saturated rings. The Kier molecular flexibility index (Phi) is 5.07. The number of oxime groups is 1. The summed E-state index contributed by atoms with van der Waals surface area (Å²) in [7, 11) is 0. The largest absolute Gasteiger partial charge is 0.463 e. The molecule has 1 aliphatic rings. The molecule has 0 aromatic heterocycles. The molecule has 0 N–H and O–H groups in total. The lowest BCUT2D eigenvalue weighted by atomic mass is 9.86. The number of carbonyl (C=O) groups excluding carboxylic acids is 1. The molecular formula is C18H15Cl2NO3. The van der Waals surface area contributed by atoms with Crippen molar-refractivity contribution in [3.63, 3.8) is 0 Å². The lowest BCUT2D eigenvalue weighted by Gasteiger charge is -2.19. The van der Waals surface area contributed by atoms with E-state index in [0.717, 1.165) is 5.56 Å². The first-order valence-electron chi connectivity index (χ1n) is 7.53. The number of rotatable bonds is 4. The van der Waals surface area contributed by atoms with Gasteiger partial charge in [0, 0.05) is 5.56 Å². The molecule has 0 unspecified atom stereocenters. The van der Waals surface area contributed by atoms with E-state index in [4.69, 9.17) is 32.8 Å². The van der Waals surface area contributed by atoms with Crippen LogP contribution < -0.4 is 0 Å². The predicted octanol–water partition coefficient (Wildman–Crippen LogP) is 4.44. The lowest BCUT2D eigenvalue weighted by Crippen LogP contribution is -2.31. The smallest absolute Gasteiger partial charge is 0.351 e.